The van der Waals surface area contributed by atoms with Crippen molar-refractivity contribution in [1.82, 2.24) is 4.90 Å². The Morgan fingerprint density at radius 1 is 0.438 bits per heavy atom. The zero-order valence-corrected chi connectivity index (χ0v) is 18.3. The summed E-state index contributed by atoms with van der Waals surface area (Å²) in [6.45, 7) is 1.85. The standard InChI is InChI=1S/C31H29N/c1-5-13-25(14-6-1)23-32(24-26-15-7-2-8-16-26)31-29(27-17-9-3-10-18-27)21-22-30(31)28-19-11-4-12-20-28/h1-22,29-31H,23-24H2/t29-,30?,31?/m0/s1. The number of nitrogens with zero attached hydrogens (tertiary/aromatic N) is 1. The maximum Gasteiger partial charge on any atom is 0.0309 e. The van der Waals surface area contributed by atoms with Crippen molar-refractivity contribution >= 4 is 0 Å². The molecule has 3 atom stereocenters. The molecule has 4 aromatic carbocycles. The Labute approximate surface area is 191 Å². The molecule has 1 heteroatoms. The van der Waals surface area contributed by atoms with Crippen LogP contribution in [0.3, 0.4) is 0 Å². The highest BCUT2D eigenvalue weighted by molar-refractivity contribution is 5.38. The molecule has 0 fully saturated rings. The molecule has 0 bridgehead atoms. The van der Waals surface area contributed by atoms with Crippen molar-refractivity contribution in [3.8, 4) is 0 Å². The van der Waals surface area contributed by atoms with Gasteiger partial charge in [-0.1, -0.05) is 133 Å². The normalized spacial score (nSPS) is 20.0. The lowest BCUT2D eigenvalue weighted by molar-refractivity contribution is 0.159. The molecule has 0 amide bonds. The monoisotopic (exact) mass is 415 g/mol. The van der Waals surface area contributed by atoms with Gasteiger partial charge in [-0.15, -0.1) is 0 Å². The van der Waals surface area contributed by atoms with Crippen LogP contribution < -0.4 is 0 Å². The Bertz CT molecular complexity index is 1030. The minimum Gasteiger partial charge on any atom is -0.290 e. The van der Waals surface area contributed by atoms with E-state index < -0.39 is 0 Å². The van der Waals surface area contributed by atoms with Crippen molar-refractivity contribution < 1.29 is 0 Å². The molecule has 1 nitrogen and oxygen atoms in total. The molecular weight excluding hydrogens is 386 g/mol. The fraction of sp³-hybridized carbons (Fsp3) is 0.161. The Balaban J connectivity index is 1.56. The van der Waals surface area contributed by atoms with Crippen LogP contribution in [-0.4, -0.2) is 10.9 Å². The SMILES string of the molecule is C1=C[C@@H](c2ccccc2)C(N(Cc2ccccc2)Cc2ccccc2)C1c1ccccc1. The summed E-state index contributed by atoms with van der Waals surface area (Å²) in [5, 5.41) is 0. The van der Waals surface area contributed by atoms with Crippen LogP contribution in [0.1, 0.15) is 34.1 Å². The van der Waals surface area contributed by atoms with Crippen molar-refractivity contribution in [1.29, 1.82) is 0 Å². The highest BCUT2D eigenvalue weighted by Gasteiger charge is 2.37. The van der Waals surface area contributed by atoms with E-state index in [1.807, 2.05) is 0 Å². The molecule has 2 unspecified atom stereocenters. The van der Waals surface area contributed by atoms with Crippen molar-refractivity contribution in [2.45, 2.75) is 31.0 Å². The van der Waals surface area contributed by atoms with Gasteiger partial charge in [0.15, 0.2) is 0 Å². The molecule has 0 saturated heterocycles. The summed E-state index contributed by atoms with van der Waals surface area (Å²) < 4.78 is 0. The zero-order valence-electron chi connectivity index (χ0n) is 18.3. The third-order valence-corrected chi connectivity index (χ3v) is 6.51. The van der Waals surface area contributed by atoms with Gasteiger partial charge in [0.25, 0.3) is 0 Å². The number of hydrogen-bond donors (Lipinski definition) is 0. The maximum atomic E-state index is 2.68. The average molecular weight is 416 g/mol. The molecule has 0 saturated carbocycles. The molecule has 0 radical (unpaired) electrons. The largest absolute Gasteiger partial charge is 0.290 e. The van der Waals surface area contributed by atoms with Gasteiger partial charge >= 0.3 is 0 Å². The lowest BCUT2D eigenvalue weighted by atomic mass is 9.84. The van der Waals surface area contributed by atoms with Gasteiger partial charge < -0.3 is 0 Å². The lowest BCUT2D eigenvalue weighted by Gasteiger charge is -2.37. The Morgan fingerprint density at radius 3 is 1.16 bits per heavy atom. The molecule has 1 aliphatic rings. The van der Waals surface area contributed by atoms with Crippen LogP contribution in [0.4, 0.5) is 0 Å². The minimum absolute atomic E-state index is 0.347. The Morgan fingerprint density at radius 2 is 0.781 bits per heavy atom. The second-order valence-electron chi connectivity index (χ2n) is 8.62. The minimum atomic E-state index is 0.347. The van der Waals surface area contributed by atoms with Crippen LogP contribution in [0.2, 0.25) is 0 Å². The Hall–Kier alpha value is -3.42. The Kier molecular flexibility index (Phi) is 6.28. The van der Waals surface area contributed by atoms with E-state index in [2.05, 4.69) is 138 Å². The van der Waals surface area contributed by atoms with Crippen LogP contribution >= 0.6 is 0 Å². The van der Waals surface area contributed by atoms with E-state index in [1.54, 1.807) is 0 Å². The van der Waals surface area contributed by atoms with E-state index in [0.29, 0.717) is 17.9 Å². The smallest absolute Gasteiger partial charge is 0.0309 e. The molecule has 0 aliphatic heterocycles. The van der Waals surface area contributed by atoms with Gasteiger partial charge in [0.1, 0.15) is 0 Å². The van der Waals surface area contributed by atoms with E-state index in [4.69, 9.17) is 0 Å². The lowest BCUT2D eigenvalue weighted by Crippen LogP contribution is -2.40. The molecule has 158 valence electrons. The van der Waals surface area contributed by atoms with Gasteiger partial charge in [-0.25, -0.2) is 0 Å². The van der Waals surface area contributed by atoms with Gasteiger partial charge in [0, 0.05) is 31.0 Å². The van der Waals surface area contributed by atoms with Gasteiger partial charge in [-0.3, -0.25) is 4.90 Å². The van der Waals surface area contributed by atoms with Crippen molar-refractivity contribution in [2.75, 3.05) is 0 Å². The molecular formula is C31H29N. The van der Waals surface area contributed by atoms with Crippen LogP contribution in [0, 0.1) is 0 Å². The maximum absolute atomic E-state index is 2.68. The van der Waals surface area contributed by atoms with Crippen molar-refractivity contribution in [3.63, 3.8) is 0 Å². The molecule has 0 heterocycles. The molecule has 0 spiro atoms. The fourth-order valence-electron chi connectivity index (χ4n) is 5.01. The first-order valence-electron chi connectivity index (χ1n) is 11.5. The number of rotatable bonds is 7. The average Bonchev–Trinajstić information content (AvgIpc) is 3.31. The molecule has 32 heavy (non-hydrogen) atoms. The molecule has 5 rings (SSSR count). The van der Waals surface area contributed by atoms with E-state index >= 15 is 0 Å². The quantitative estimate of drug-likeness (QED) is 0.289. The molecule has 4 aromatic rings. The van der Waals surface area contributed by atoms with Crippen LogP contribution in [0.5, 0.6) is 0 Å². The van der Waals surface area contributed by atoms with E-state index in [-0.39, 0.29) is 0 Å². The highest BCUT2D eigenvalue weighted by Crippen LogP contribution is 2.42. The first-order valence-corrected chi connectivity index (χ1v) is 11.5. The number of benzene rings is 4. The predicted molar refractivity (Wildman–Crippen MR) is 133 cm³/mol. The number of hydrogen-bond acceptors (Lipinski definition) is 1. The van der Waals surface area contributed by atoms with E-state index in [1.165, 1.54) is 22.3 Å². The van der Waals surface area contributed by atoms with Gasteiger partial charge in [0.2, 0.25) is 0 Å². The fourth-order valence-corrected chi connectivity index (χ4v) is 5.01. The summed E-state index contributed by atoms with van der Waals surface area (Å²) in [4.78, 5) is 2.68. The van der Waals surface area contributed by atoms with Crippen molar-refractivity contribution in [3.05, 3.63) is 156 Å². The topological polar surface area (TPSA) is 3.24 Å². The van der Waals surface area contributed by atoms with Crippen LogP contribution in [0.25, 0.3) is 0 Å². The second kappa shape index (κ2) is 9.80. The van der Waals surface area contributed by atoms with Crippen LogP contribution in [-0.2, 0) is 13.1 Å². The molecule has 1 aliphatic carbocycles. The molecule has 0 aromatic heterocycles. The summed E-state index contributed by atoms with van der Waals surface area (Å²) in [7, 11) is 0. The molecule has 0 N–H and O–H groups in total. The summed E-state index contributed by atoms with van der Waals surface area (Å²) >= 11 is 0. The third-order valence-electron chi connectivity index (χ3n) is 6.51. The van der Waals surface area contributed by atoms with Gasteiger partial charge in [-0.2, -0.15) is 0 Å². The summed E-state index contributed by atoms with van der Waals surface area (Å²) in [5.74, 6) is 0.711. The predicted octanol–water partition coefficient (Wildman–Crippen LogP) is 7.19. The van der Waals surface area contributed by atoms with Crippen LogP contribution in [0.15, 0.2) is 133 Å². The van der Waals surface area contributed by atoms with E-state index in [9.17, 15) is 0 Å². The van der Waals surface area contributed by atoms with Gasteiger partial charge in [0.05, 0.1) is 0 Å². The summed E-state index contributed by atoms with van der Waals surface area (Å²) in [6.07, 6.45) is 4.86. The first-order chi connectivity index (χ1) is 15.9. The van der Waals surface area contributed by atoms with Gasteiger partial charge in [-0.05, 0) is 22.3 Å². The summed E-state index contributed by atoms with van der Waals surface area (Å²) in [6, 6.07) is 44.1. The zero-order chi connectivity index (χ0) is 21.6. The van der Waals surface area contributed by atoms with Crippen molar-refractivity contribution in [2.24, 2.45) is 0 Å². The van der Waals surface area contributed by atoms with E-state index in [0.717, 1.165) is 13.1 Å². The first kappa shape index (κ1) is 20.5. The third kappa shape index (κ3) is 4.59. The second-order valence-corrected chi connectivity index (χ2v) is 8.62. The summed E-state index contributed by atoms with van der Waals surface area (Å²) in [5.41, 5.74) is 5.49. The highest BCUT2D eigenvalue weighted by atomic mass is 15.2.